The van der Waals surface area contributed by atoms with Gasteiger partial charge in [-0.15, -0.1) is 0 Å². The molecular weight excluding hydrogens is 320 g/mol. The van der Waals surface area contributed by atoms with Gasteiger partial charge in [0.2, 0.25) is 0 Å². The highest BCUT2D eigenvalue weighted by atomic mass is 35.5. The van der Waals surface area contributed by atoms with Crippen molar-refractivity contribution < 1.29 is 13.2 Å². The molecule has 0 saturated carbocycles. The highest BCUT2D eigenvalue weighted by Gasteiger charge is 2.22. The van der Waals surface area contributed by atoms with E-state index in [9.17, 15) is 8.42 Å². The van der Waals surface area contributed by atoms with Crippen molar-refractivity contribution in [2.75, 3.05) is 11.8 Å². The maximum atomic E-state index is 12.4. The molecule has 0 aliphatic carbocycles. The van der Waals surface area contributed by atoms with Crippen LogP contribution in [0.4, 0.5) is 5.69 Å². The van der Waals surface area contributed by atoms with Crippen LogP contribution in [0.3, 0.4) is 0 Å². The second-order valence-electron chi connectivity index (χ2n) is 4.04. The number of nitrogens with zero attached hydrogens (tertiary/aromatic N) is 1. The fourth-order valence-corrected chi connectivity index (χ4v) is 4.53. The minimum atomic E-state index is -3.70. The van der Waals surface area contributed by atoms with Crippen molar-refractivity contribution in [1.29, 1.82) is 0 Å². The van der Waals surface area contributed by atoms with Crippen LogP contribution in [0.5, 0.6) is 0 Å². The summed E-state index contributed by atoms with van der Waals surface area (Å²) in [5, 5.41) is 0. The van der Waals surface area contributed by atoms with Gasteiger partial charge >= 0.3 is 0 Å². The molecule has 2 aromatic rings. The lowest BCUT2D eigenvalue weighted by atomic mass is 10.2. The molecule has 0 aliphatic heterocycles. The molecule has 1 heterocycles. The number of rotatable bonds is 5. The zero-order valence-corrected chi connectivity index (χ0v) is 13.3. The predicted molar refractivity (Wildman–Crippen MR) is 79.8 cm³/mol. The highest BCUT2D eigenvalue weighted by molar-refractivity contribution is 7.94. The molecule has 2 rings (SSSR count). The van der Waals surface area contributed by atoms with Crippen molar-refractivity contribution in [2.24, 2.45) is 0 Å². The monoisotopic (exact) mass is 332 g/mol. The molecule has 0 spiro atoms. The summed E-state index contributed by atoms with van der Waals surface area (Å²) in [5.41, 5.74) is 1.63. The van der Waals surface area contributed by atoms with E-state index in [0.717, 1.165) is 16.9 Å². The Kier molecular flexibility index (Phi) is 4.64. The Morgan fingerprint density at radius 2 is 2.10 bits per heavy atom. The third-order valence-corrected chi connectivity index (χ3v) is 5.77. The van der Waals surface area contributed by atoms with Crippen LogP contribution in [0.1, 0.15) is 11.3 Å². The SMILES string of the molecule is COCc1ccccc1NS(=O)(=O)c1sc(Cl)nc1C. The van der Waals surface area contributed by atoms with Crippen LogP contribution in [0.25, 0.3) is 0 Å². The summed E-state index contributed by atoms with van der Waals surface area (Å²) in [6.45, 7) is 1.93. The highest BCUT2D eigenvalue weighted by Crippen LogP contribution is 2.29. The largest absolute Gasteiger partial charge is 0.380 e. The number of sulfonamides is 1. The van der Waals surface area contributed by atoms with Crippen LogP contribution in [0, 0.1) is 6.92 Å². The van der Waals surface area contributed by atoms with E-state index in [-0.39, 0.29) is 8.68 Å². The Hall–Kier alpha value is -1.15. The van der Waals surface area contributed by atoms with E-state index in [4.69, 9.17) is 16.3 Å². The molecule has 0 bridgehead atoms. The van der Waals surface area contributed by atoms with Crippen molar-refractivity contribution >= 4 is 38.6 Å². The lowest BCUT2D eigenvalue weighted by Crippen LogP contribution is -2.14. The first-order chi connectivity index (χ1) is 9.44. The number of para-hydroxylation sites is 1. The molecule has 8 heteroatoms. The maximum Gasteiger partial charge on any atom is 0.273 e. The van der Waals surface area contributed by atoms with Gasteiger partial charge in [-0.05, 0) is 13.0 Å². The molecule has 0 amide bonds. The van der Waals surface area contributed by atoms with Crippen molar-refractivity contribution in [3.05, 3.63) is 40.0 Å². The number of hydrogen-bond acceptors (Lipinski definition) is 5. The molecule has 0 aliphatic rings. The molecule has 1 aromatic carbocycles. The third kappa shape index (κ3) is 3.29. The van der Waals surface area contributed by atoms with Crippen molar-refractivity contribution in [3.8, 4) is 0 Å². The molecule has 0 fully saturated rings. The Labute approximate surface area is 126 Å². The van der Waals surface area contributed by atoms with Gasteiger partial charge in [0.15, 0.2) is 8.68 Å². The van der Waals surface area contributed by atoms with E-state index in [0.29, 0.717) is 18.0 Å². The summed E-state index contributed by atoms with van der Waals surface area (Å²) >= 11 is 6.68. The van der Waals surface area contributed by atoms with E-state index in [1.165, 1.54) is 0 Å². The number of benzene rings is 1. The Bertz CT molecular complexity index is 713. The smallest absolute Gasteiger partial charge is 0.273 e. The van der Waals surface area contributed by atoms with Gasteiger partial charge in [0.1, 0.15) is 0 Å². The van der Waals surface area contributed by atoms with Gasteiger partial charge in [-0.2, -0.15) is 0 Å². The zero-order valence-electron chi connectivity index (χ0n) is 10.9. The number of hydrogen-bond donors (Lipinski definition) is 1. The Balaban J connectivity index is 2.36. The first kappa shape index (κ1) is 15.2. The molecule has 5 nitrogen and oxygen atoms in total. The molecule has 0 radical (unpaired) electrons. The number of halogens is 1. The zero-order chi connectivity index (χ0) is 14.8. The van der Waals surface area contributed by atoms with Crippen LogP contribution in [-0.4, -0.2) is 20.5 Å². The van der Waals surface area contributed by atoms with E-state index < -0.39 is 10.0 Å². The molecule has 20 heavy (non-hydrogen) atoms. The predicted octanol–water partition coefficient (Wildman–Crippen LogP) is 3.05. The Morgan fingerprint density at radius 1 is 1.40 bits per heavy atom. The summed E-state index contributed by atoms with van der Waals surface area (Å²) in [6.07, 6.45) is 0. The molecule has 108 valence electrons. The van der Waals surface area contributed by atoms with E-state index in [2.05, 4.69) is 9.71 Å². The number of thiazole rings is 1. The summed E-state index contributed by atoms with van der Waals surface area (Å²) < 4.78 is 32.6. The topological polar surface area (TPSA) is 68.3 Å². The lowest BCUT2D eigenvalue weighted by Gasteiger charge is -2.11. The van der Waals surface area contributed by atoms with Gasteiger partial charge in [0, 0.05) is 12.7 Å². The minimum Gasteiger partial charge on any atom is -0.380 e. The van der Waals surface area contributed by atoms with Crippen LogP contribution >= 0.6 is 22.9 Å². The van der Waals surface area contributed by atoms with Crippen LogP contribution in [0.2, 0.25) is 4.47 Å². The van der Waals surface area contributed by atoms with Crippen molar-refractivity contribution in [3.63, 3.8) is 0 Å². The fourth-order valence-electron chi connectivity index (χ4n) is 1.69. The number of nitrogens with one attached hydrogen (secondary N) is 1. The molecule has 1 aromatic heterocycles. The van der Waals surface area contributed by atoms with Crippen molar-refractivity contribution in [2.45, 2.75) is 17.7 Å². The van der Waals surface area contributed by atoms with Gasteiger partial charge in [0.05, 0.1) is 18.0 Å². The number of methoxy groups -OCH3 is 1. The van der Waals surface area contributed by atoms with Gasteiger partial charge in [-0.3, -0.25) is 4.72 Å². The van der Waals surface area contributed by atoms with Gasteiger partial charge < -0.3 is 4.74 Å². The number of anilines is 1. The van der Waals surface area contributed by atoms with Gasteiger partial charge in [-0.1, -0.05) is 41.1 Å². The van der Waals surface area contributed by atoms with Gasteiger partial charge in [0.25, 0.3) is 10.0 Å². The van der Waals surface area contributed by atoms with E-state index >= 15 is 0 Å². The summed E-state index contributed by atoms with van der Waals surface area (Å²) in [6, 6.07) is 7.06. The van der Waals surface area contributed by atoms with Gasteiger partial charge in [-0.25, -0.2) is 13.4 Å². The molecule has 0 unspecified atom stereocenters. The van der Waals surface area contributed by atoms with E-state index in [1.54, 1.807) is 32.2 Å². The van der Waals surface area contributed by atoms with Crippen molar-refractivity contribution in [1.82, 2.24) is 4.98 Å². The number of aryl methyl sites for hydroxylation is 1. The lowest BCUT2D eigenvalue weighted by molar-refractivity contribution is 0.185. The average molecular weight is 333 g/mol. The van der Waals surface area contributed by atoms with Crippen LogP contribution in [0.15, 0.2) is 28.5 Å². The summed E-state index contributed by atoms with van der Waals surface area (Å²) in [7, 11) is -2.14. The summed E-state index contributed by atoms with van der Waals surface area (Å²) in [5.74, 6) is 0. The number of aromatic nitrogens is 1. The quantitative estimate of drug-likeness (QED) is 0.913. The first-order valence-corrected chi connectivity index (χ1v) is 8.34. The molecule has 0 saturated heterocycles. The second kappa shape index (κ2) is 6.09. The fraction of sp³-hybridized carbons (Fsp3) is 0.250. The van der Waals surface area contributed by atoms with Crippen LogP contribution < -0.4 is 4.72 Å². The van der Waals surface area contributed by atoms with Crippen LogP contribution in [-0.2, 0) is 21.4 Å². The minimum absolute atomic E-state index is 0.120. The standard InChI is InChI=1S/C12H13ClN2O3S2/c1-8-11(19-12(13)14-8)20(16,17)15-10-6-4-3-5-9(10)7-18-2/h3-6,15H,7H2,1-2H3. The first-order valence-electron chi connectivity index (χ1n) is 5.66. The average Bonchev–Trinajstić information content (AvgIpc) is 2.72. The molecular formula is C12H13ClN2O3S2. The maximum absolute atomic E-state index is 12.4. The third-order valence-electron chi connectivity index (χ3n) is 2.53. The second-order valence-corrected chi connectivity index (χ2v) is 7.49. The van der Waals surface area contributed by atoms with E-state index in [1.807, 2.05) is 6.07 Å². The normalized spacial score (nSPS) is 11.6. The molecule has 1 N–H and O–H groups in total. The molecule has 0 atom stereocenters. The number of ether oxygens (including phenoxy) is 1. The Morgan fingerprint density at radius 3 is 2.70 bits per heavy atom. The summed E-state index contributed by atoms with van der Waals surface area (Å²) in [4.78, 5) is 3.92.